The van der Waals surface area contributed by atoms with E-state index in [0.29, 0.717) is 19.0 Å². The summed E-state index contributed by atoms with van der Waals surface area (Å²) in [7, 11) is 1.59. The first-order chi connectivity index (χ1) is 12.7. The third kappa shape index (κ3) is 5.47. The topological polar surface area (TPSA) is 44.8 Å². The van der Waals surface area contributed by atoms with Crippen molar-refractivity contribution in [3.05, 3.63) is 54.1 Å². The summed E-state index contributed by atoms with van der Waals surface area (Å²) < 4.78 is 16.2. The monoisotopic (exact) mass is 370 g/mol. The molecule has 0 saturated heterocycles. The summed E-state index contributed by atoms with van der Waals surface area (Å²) in [6.45, 7) is 4.26. The molecule has 0 spiro atoms. The molecule has 2 rings (SSSR count). The summed E-state index contributed by atoms with van der Waals surface area (Å²) in [5.41, 5.74) is 0.789. The van der Waals surface area contributed by atoms with Gasteiger partial charge in [0.2, 0.25) is 0 Å². The highest BCUT2D eigenvalue weighted by atomic mass is 32.2. The normalized spacial score (nSPS) is 11.0. The Morgan fingerprint density at radius 3 is 2.54 bits per heavy atom. The molecule has 4 nitrogen and oxygen atoms in total. The van der Waals surface area contributed by atoms with Crippen LogP contribution in [0.15, 0.2) is 53.4 Å². The Bertz CT molecular complexity index is 775. The highest BCUT2D eigenvalue weighted by Gasteiger charge is 2.26. The molecule has 0 saturated carbocycles. The lowest BCUT2D eigenvalue weighted by Crippen LogP contribution is -2.14. The first-order valence-electron chi connectivity index (χ1n) is 8.28. The van der Waals surface area contributed by atoms with Crippen LogP contribution >= 0.6 is 11.8 Å². The van der Waals surface area contributed by atoms with Gasteiger partial charge in [0, 0.05) is 10.5 Å². The van der Waals surface area contributed by atoms with Crippen LogP contribution in [0.4, 0.5) is 0 Å². The molecule has 0 radical (unpaired) electrons. The molecule has 0 fully saturated rings. The Labute approximate surface area is 158 Å². The molecule has 0 aliphatic heterocycles. The van der Waals surface area contributed by atoms with Gasteiger partial charge in [-0.05, 0) is 44.2 Å². The standard InChI is InChI=1S/C21H22O4S/c1-4-6-15-25-16-11-13-17(14-12-16)26-20(21(22)24-5-2)18-9-7-8-10-19(18)23-3/h7-14,20H,5,15H2,1-3H3. The fourth-order valence-corrected chi connectivity index (χ4v) is 3.33. The van der Waals surface area contributed by atoms with Crippen LogP contribution in [0.3, 0.4) is 0 Å². The van der Waals surface area contributed by atoms with Crippen molar-refractivity contribution in [1.82, 2.24) is 0 Å². The molecule has 5 heteroatoms. The quantitative estimate of drug-likeness (QED) is 0.389. The number of thioether (sulfide) groups is 1. The number of hydrogen-bond donors (Lipinski definition) is 0. The maximum Gasteiger partial charge on any atom is 0.324 e. The van der Waals surface area contributed by atoms with Gasteiger partial charge in [-0.1, -0.05) is 24.1 Å². The fraction of sp³-hybridized carbons (Fsp3) is 0.286. The average Bonchev–Trinajstić information content (AvgIpc) is 2.67. The number of methoxy groups -OCH3 is 1. The number of esters is 1. The van der Waals surface area contributed by atoms with Gasteiger partial charge in [-0.2, -0.15) is 0 Å². The minimum Gasteiger partial charge on any atom is -0.496 e. The van der Waals surface area contributed by atoms with E-state index in [1.807, 2.05) is 48.5 Å². The lowest BCUT2D eigenvalue weighted by atomic mass is 10.1. The number of ether oxygens (including phenoxy) is 3. The van der Waals surface area contributed by atoms with Crippen molar-refractivity contribution >= 4 is 17.7 Å². The maximum absolute atomic E-state index is 12.5. The number of carbonyl (C=O) groups excluding carboxylic acids is 1. The minimum absolute atomic E-state index is 0.291. The van der Waals surface area contributed by atoms with Crippen LogP contribution in [0.2, 0.25) is 0 Å². The molecule has 136 valence electrons. The van der Waals surface area contributed by atoms with Gasteiger partial charge in [0.05, 0.1) is 13.7 Å². The number of carbonyl (C=O) groups is 1. The van der Waals surface area contributed by atoms with Crippen molar-refractivity contribution in [2.45, 2.75) is 24.0 Å². The molecule has 0 aliphatic carbocycles. The molecular formula is C21H22O4S. The summed E-state index contributed by atoms with van der Waals surface area (Å²) in [6, 6.07) is 15.1. The van der Waals surface area contributed by atoms with Crippen LogP contribution in [0, 0.1) is 11.8 Å². The van der Waals surface area contributed by atoms with Gasteiger partial charge in [0.25, 0.3) is 0 Å². The van der Waals surface area contributed by atoms with Crippen LogP contribution in [0.25, 0.3) is 0 Å². The molecule has 1 unspecified atom stereocenters. The zero-order chi connectivity index (χ0) is 18.8. The summed E-state index contributed by atoms with van der Waals surface area (Å²) >= 11 is 1.42. The van der Waals surface area contributed by atoms with E-state index in [1.54, 1.807) is 21.0 Å². The Balaban J connectivity index is 2.21. The highest BCUT2D eigenvalue weighted by molar-refractivity contribution is 8.00. The van der Waals surface area contributed by atoms with E-state index in [9.17, 15) is 4.79 Å². The van der Waals surface area contributed by atoms with Gasteiger partial charge in [0.1, 0.15) is 23.4 Å². The second-order valence-electron chi connectivity index (χ2n) is 5.18. The molecular weight excluding hydrogens is 348 g/mol. The molecule has 0 aromatic heterocycles. The summed E-state index contributed by atoms with van der Waals surface area (Å²) in [5.74, 6) is 6.75. The van der Waals surface area contributed by atoms with E-state index < -0.39 is 5.25 Å². The van der Waals surface area contributed by atoms with E-state index in [0.717, 1.165) is 16.2 Å². The van der Waals surface area contributed by atoms with Crippen molar-refractivity contribution < 1.29 is 19.0 Å². The Morgan fingerprint density at radius 2 is 1.88 bits per heavy atom. The lowest BCUT2D eigenvalue weighted by molar-refractivity contribution is -0.142. The van der Waals surface area contributed by atoms with Crippen molar-refractivity contribution in [2.75, 3.05) is 20.3 Å². The molecule has 0 N–H and O–H groups in total. The molecule has 0 amide bonds. The minimum atomic E-state index is -0.510. The highest BCUT2D eigenvalue weighted by Crippen LogP contribution is 2.40. The van der Waals surface area contributed by atoms with Crippen LogP contribution in [0.5, 0.6) is 11.5 Å². The molecule has 26 heavy (non-hydrogen) atoms. The van der Waals surface area contributed by atoms with Gasteiger partial charge in [-0.3, -0.25) is 4.79 Å². The predicted octanol–water partition coefficient (Wildman–Crippen LogP) is 4.49. The van der Waals surface area contributed by atoms with Crippen molar-refractivity contribution in [2.24, 2.45) is 0 Å². The molecule has 2 aromatic carbocycles. The van der Waals surface area contributed by atoms with Crippen LogP contribution < -0.4 is 9.47 Å². The predicted molar refractivity (Wildman–Crippen MR) is 104 cm³/mol. The second kappa shape index (κ2) is 10.4. The van der Waals surface area contributed by atoms with E-state index in [-0.39, 0.29) is 5.97 Å². The van der Waals surface area contributed by atoms with E-state index in [1.165, 1.54) is 11.8 Å². The Morgan fingerprint density at radius 1 is 1.15 bits per heavy atom. The molecule has 2 aromatic rings. The SMILES string of the molecule is CC#CCOc1ccc(SC(C(=O)OCC)c2ccccc2OC)cc1. The summed E-state index contributed by atoms with van der Waals surface area (Å²) in [5, 5.41) is -0.510. The Hall–Kier alpha value is -2.58. The second-order valence-corrected chi connectivity index (χ2v) is 6.36. The third-order valence-electron chi connectivity index (χ3n) is 3.49. The molecule has 0 heterocycles. The van der Waals surface area contributed by atoms with Crippen molar-refractivity contribution in [1.29, 1.82) is 0 Å². The van der Waals surface area contributed by atoms with Gasteiger partial charge in [-0.15, -0.1) is 17.7 Å². The van der Waals surface area contributed by atoms with Gasteiger partial charge in [0.15, 0.2) is 0 Å². The van der Waals surface area contributed by atoms with Gasteiger partial charge in [-0.25, -0.2) is 0 Å². The van der Waals surface area contributed by atoms with E-state index in [2.05, 4.69) is 11.8 Å². The van der Waals surface area contributed by atoms with Gasteiger partial charge < -0.3 is 14.2 Å². The first-order valence-corrected chi connectivity index (χ1v) is 9.16. The summed E-state index contributed by atoms with van der Waals surface area (Å²) in [6.07, 6.45) is 0. The average molecular weight is 370 g/mol. The zero-order valence-electron chi connectivity index (χ0n) is 15.2. The largest absolute Gasteiger partial charge is 0.496 e. The van der Waals surface area contributed by atoms with Crippen molar-refractivity contribution in [3.63, 3.8) is 0 Å². The molecule has 0 bridgehead atoms. The maximum atomic E-state index is 12.5. The first kappa shape index (κ1) is 19.7. The van der Waals surface area contributed by atoms with Crippen LogP contribution in [0.1, 0.15) is 24.7 Å². The number of hydrogen-bond acceptors (Lipinski definition) is 5. The third-order valence-corrected chi connectivity index (χ3v) is 4.71. The van der Waals surface area contributed by atoms with E-state index >= 15 is 0 Å². The smallest absolute Gasteiger partial charge is 0.324 e. The number of rotatable bonds is 8. The van der Waals surface area contributed by atoms with Crippen LogP contribution in [-0.4, -0.2) is 26.3 Å². The summed E-state index contributed by atoms with van der Waals surface area (Å²) in [4.78, 5) is 13.5. The van der Waals surface area contributed by atoms with Crippen molar-refractivity contribution in [3.8, 4) is 23.3 Å². The van der Waals surface area contributed by atoms with Crippen LogP contribution in [-0.2, 0) is 9.53 Å². The molecule has 1 atom stereocenters. The molecule has 0 aliphatic rings. The van der Waals surface area contributed by atoms with Gasteiger partial charge >= 0.3 is 5.97 Å². The number of para-hydroxylation sites is 1. The zero-order valence-corrected chi connectivity index (χ0v) is 16.0. The fourth-order valence-electron chi connectivity index (χ4n) is 2.28. The van der Waals surface area contributed by atoms with E-state index in [4.69, 9.17) is 14.2 Å². The lowest BCUT2D eigenvalue weighted by Gasteiger charge is -2.18. The number of benzene rings is 2. The Kier molecular flexibility index (Phi) is 7.91.